The Morgan fingerprint density at radius 1 is 1.11 bits per heavy atom. The maximum absolute atomic E-state index is 12.2. The SMILES string of the molecule is CCOC(=O)c1ccc(NC(=O)CC2=NS(=O)(=O)c3ccccc3N2)cc1. The van der Waals surface area contributed by atoms with Crippen molar-refractivity contribution in [2.45, 2.75) is 18.2 Å². The highest BCUT2D eigenvalue weighted by atomic mass is 32.2. The van der Waals surface area contributed by atoms with E-state index in [1.165, 1.54) is 18.2 Å². The minimum atomic E-state index is -3.84. The van der Waals surface area contributed by atoms with E-state index in [1.54, 1.807) is 37.3 Å². The largest absolute Gasteiger partial charge is 0.462 e. The van der Waals surface area contributed by atoms with Gasteiger partial charge in [-0.15, -0.1) is 4.40 Å². The quantitative estimate of drug-likeness (QED) is 0.762. The number of esters is 1. The van der Waals surface area contributed by atoms with Gasteiger partial charge in [-0.1, -0.05) is 12.1 Å². The summed E-state index contributed by atoms with van der Waals surface area (Å²) in [6, 6.07) is 12.5. The molecule has 0 aliphatic carbocycles. The van der Waals surface area contributed by atoms with Crippen LogP contribution in [0.3, 0.4) is 0 Å². The van der Waals surface area contributed by atoms with Crippen LogP contribution in [0.5, 0.6) is 0 Å². The fourth-order valence-electron chi connectivity index (χ4n) is 2.51. The molecule has 8 nitrogen and oxygen atoms in total. The van der Waals surface area contributed by atoms with Crippen LogP contribution in [0.15, 0.2) is 57.8 Å². The van der Waals surface area contributed by atoms with Crippen molar-refractivity contribution in [3.63, 3.8) is 0 Å². The standard InChI is InChI=1S/C18H17N3O5S/c1-2-26-18(23)12-7-9-13(10-8-12)19-17(22)11-16-20-14-5-3-4-6-15(14)27(24,25)21-16/h3-10H,2,11H2,1H3,(H,19,22)(H,20,21). The van der Waals surface area contributed by atoms with Gasteiger partial charge in [0.05, 0.1) is 24.3 Å². The summed E-state index contributed by atoms with van der Waals surface area (Å²) in [4.78, 5) is 23.9. The zero-order valence-corrected chi connectivity index (χ0v) is 15.2. The monoisotopic (exact) mass is 387 g/mol. The molecule has 27 heavy (non-hydrogen) atoms. The fraction of sp³-hybridized carbons (Fsp3) is 0.167. The van der Waals surface area contributed by atoms with Crippen molar-refractivity contribution in [2.75, 3.05) is 17.2 Å². The van der Waals surface area contributed by atoms with E-state index in [-0.39, 0.29) is 23.8 Å². The predicted octanol–water partition coefficient (Wildman–Crippen LogP) is 2.40. The molecule has 0 aromatic heterocycles. The number of carbonyl (C=O) groups excluding carboxylic acids is 2. The first-order chi connectivity index (χ1) is 12.9. The Balaban J connectivity index is 1.66. The highest BCUT2D eigenvalue weighted by Crippen LogP contribution is 2.27. The Hall–Kier alpha value is -3.20. The number of sulfonamides is 1. The summed E-state index contributed by atoms with van der Waals surface area (Å²) in [5, 5.41) is 5.49. The molecule has 0 atom stereocenters. The van der Waals surface area contributed by atoms with Crippen LogP contribution in [0.2, 0.25) is 0 Å². The summed E-state index contributed by atoms with van der Waals surface area (Å²) in [6.07, 6.45) is -0.243. The van der Waals surface area contributed by atoms with Crippen molar-refractivity contribution in [2.24, 2.45) is 4.40 Å². The van der Waals surface area contributed by atoms with Crippen molar-refractivity contribution >= 4 is 39.1 Å². The number of hydrogen-bond acceptors (Lipinski definition) is 6. The first-order valence-electron chi connectivity index (χ1n) is 8.16. The normalized spacial score (nSPS) is 14.3. The molecule has 0 unspecified atom stereocenters. The lowest BCUT2D eigenvalue weighted by Crippen LogP contribution is -2.26. The Morgan fingerprint density at radius 3 is 2.52 bits per heavy atom. The number of nitrogens with one attached hydrogen (secondary N) is 2. The minimum absolute atomic E-state index is 0.0364. The molecule has 0 bridgehead atoms. The number of nitrogens with zero attached hydrogens (tertiary/aromatic N) is 1. The van der Waals surface area contributed by atoms with Gasteiger partial charge >= 0.3 is 5.97 Å². The van der Waals surface area contributed by atoms with Crippen LogP contribution in [0.25, 0.3) is 0 Å². The summed E-state index contributed by atoms with van der Waals surface area (Å²) >= 11 is 0. The van der Waals surface area contributed by atoms with Gasteiger partial charge in [0.1, 0.15) is 10.7 Å². The second-order valence-corrected chi connectivity index (χ2v) is 7.23. The van der Waals surface area contributed by atoms with Crippen LogP contribution in [-0.2, 0) is 19.6 Å². The first kappa shape index (κ1) is 18.6. The lowest BCUT2D eigenvalue weighted by molar-refractivity contribution is -0.115. The van der Waals surface area contributed by atoms with Crippen LogP contribution < -0.4 is 10.6 Å². The molecule has 9 heteroatoms. The molecule has 0 spiro atoms. The number of rotatable bonds is 5. The molecule has 1 amide bonds. The molecule has 140 valence electrons. The van der Waals surface area contributed by atoms with E-state index in [0.717, 1.165) is 0 Å². The van der Waals surface area contributed by atoms with Gasteiger partial charge in [-0.05, 0) is 43.3 Å². The smallest absolute Gasteiger partial charge is 0.338 e. The Kier molecular flexibility index (Phi) is 5.22. The summed E-state index contributed by atoms with van der Waals surface area (Å²) in [5.74, 6) is -0.853. The predicted molar refractivity (Wildman–Crippen MR) is 100 cm³/mol. The van der Waals surface area contributed by atoms with Crippen molar-refractivity contribution in [1.29, 1.82) is 0 Å². The van der Waals surface area contributed by atoms with Gasteiger partial charge < -0.3 is 15.4 Å². The summed E-state index contributed by atoms with van der Waals surface area (Å²) < 4.78 is 32.9. The molecule has 2 aromatic carbocycles. The minimum Gasteiger partial charge on any atom is -0.462 e. The van der Waals surface area contributed by atoms with E-state index < -0.39 is 21.9 Å². The molecule has 0 fully saturated rings. The number of hydrogen-bond donors (Lipinski definition) is 2. The molecule has 0 saturated carbocycles. The zero-order chi connectivity index (χ0) is 19.4. The van der Waals surface area contributed by atoms with Gasteiger partial charge in [0.25, 0.3) is 10.0 Å². The third-order valence-electron chi connectivity index (χ3n) is 3.68. The third-order valence-corrected chi connectivity index (χ3v) is 5.05. The van der Waals surface area contributed by atoms with E-state index >= 15 is 0 Å². The van der Waals surface area contributed by atoms with Crippen LogP contribution in [0.1, 0.15) is 23.7 Å². The van der Waals surface area contributed by atoms with E-state index in [1.807, 2.05) is 0 Å². The number of para-hydroxylation sites is 1. The summed E-state index contributed by atoms with van der Waals surface area (Å²) in [5.41, 5.74) is 1.22. The molecule has 0 radical (unpaired) electrons. The maximum atomic E-state index is 12.2. The average Bonchev–Trinajstić information content (AvgIpc) is 2.62. The van der Waals surface area contributed by atoms with Crippen LogP contribution in [0.4, 0.5) is 11.4 Å². The fourth-order valence-corrected chi connectivity index (χ4v) is 3.65. The maximum Gasteiger partial charge on any atom is 0.338 e. The molecular formula is C18H17N3O5S. The highest BCUT2D eigenvalue weighted by Gasteiger charge is 2.25. The van der Waals surface area contributed by atoms with Crippen LogP contribution in [0, 0.1) is 0 Å². The third kappa shape index (κ3) is 4.32. The summed E-state index contributed by atoms with van der Waals surface area (Å²) in [6.45, 7) is 1.99. The van der Waals surface area contributed by atoms with E-state index in [9.17, 15) is 18.0 Å². The van der Waals surface area contributed by atoms with E-state index in [0.29, 0.717) is 16.9 Å². The molecule has 2 aromatic rings. The zero-order valence-electron chi connectivity index (χ0n) is 14.4. The number of benzene rings is 2. The van der Waals surface area contributed by atoms with Crippen LogP contribution >= 0.6 is 0 Å². The first-order valence-corrected chi connectivity index (χ1v) is 9.60. The van der Waals surface area contributed by atoms with Gasteiger partial charge in [-0.2, -0.15) is 8.42 Å². The number of amides is 1. The second-order valence-electron chi connectivity index (χ2n) is 5.66. The van der Waals surface area contributed by atoms with Gasteiger partial charge in [0, 0.05) is 5.69 Å². The number of carbonyl (C=O) groups is 2. The van der Waals surface area contributed by atoms with Crippen molar-refractivity contribution in [3.05, 3.63) is 54.1 Å². The second kappa shape index (κ2) is 7.58. The molecule has 0 saturated heterocycles. The van der Waals surface area contributed by atoms with E-state index in [2.05, 4.69) is 15.0 Å². The van der Waals surface area contributed by atoms with Crippen LogP contribution in [-0.4, -0.2) is 32.7 Å². The number of fused-ring (bicyclic) bond motifs is 1. The number of anilines is 2. The topological polar surface area (TPSA) is 114 Å². The van der Waals surface area contributed by atoms with E-state index in [4.69, 9.17) is 4.74 Å². The van der Waals surface area contributed by atoms with Crippen molar-refractivity contribution in [1.82, 2.24) is 0 Å². The molecule has 1 aliphatic heterocycles. The molecule has 1 aliphatic rings. The Morgan fingerprint density at radius 2 is 1.81 bits per heavy atom. The molecular weight excluding hydrogens is 370 g/mol. The van der Waals surface area contributed by atoms with Crippen molar-refractivity contribution in [3.8, 4) is 0 Å². The highest BCUT2D eigenvalue weighted by molar-refractivity contribution is 7.90. The number of ether oxygens (including phenoxy) is 1. The lowest BCUT2D eigenvalue weighted by Gasteiger charge is -2.17. The average molecular weight is 387 g/mol. The Bertz CT molecular complexity index is 1010. The molecule has 3 rings (SSSR count). The summed E-state index contributed by atoms with van der Waals surface area (Å²) in [7, 11) is -3.84. The van der Waals surface area contributed by atoms with Gasteiger partial charge in [0.15, 0.2) is 0 Å². The van der Waals surface area contributed by atoms with Gasteiger partial charge in [-0.25, -0.2) is 4.79 Å². The van der Waals surface area contributed by atoms with Gasteiger partial charge in [-0.3, -0.25) is 4.79 Å². The Labute approximate surface area is 156 Å². The van der Waals surface area contributed by atoms with Gasteiger partial charge in [0.2, 0.25) is 5.91 Å². The number of amidine groups is 1. The lowest BCUT2D eigenvalue weighted by atomic mass is 10.2. The van der Waals surface area contributed by atoms with Crippen molar-refractivity contribution < 1.29 is 22.7 Å². The molecule has 2 N–H and O–H groups in total. The molecule has 1 heterocycles.